The predicted octanol–water partition coefficient (Wildman–Crippen LogP) is 1.61. The summed E-state index contributed by atoms with van der Waals surface area (Å²) in [5, 5.41) is 11.6. The standard InChI is InChI=1S/C19H23N7O/c27-14-9-19(12-26(11-14)16-10-20-5-6-21-16)2-7-25(8-3-19)18-15-1-4-22-17(15)23-13-24-18/h1,4-6,10,13-14,27H,2-3,7-9,11-12H2,(H,22,23,24). The Morgan fingerprint density at radius 3 is 2.81 bits per heavy atom. The van der Waals surface area contributed by atoms with E-state index >= 15 is 0 Å². The van der Waals surface area contributed by atoms with Gasteiger partial charge in [0.2, 0.25) is 0 Å². The van der Waals surface area contributed by atoms with Gasteiger partial charge in [-0.15, -0.1) is 0 Å². The number of piperidine rings is 2. The van der Waals surface area contributed by atoms with Gasteiger partial charge < -0.3 is 19.9 Å². The summed E-state index contributed by atoms with van der Waals surface area (Å²) in [4.78, 5) is 25.1. The molecule has 8 nitrogen and oxygen atoms in total. The third-order valence-corrected chi connectivity index (χ3v) is 5.96. The maximum Gasteiger partial charge on any atom is 0.147 e. The van der Waals surface area contributed by atoms with Crippen molar-refractivity contribution in [2.75, 3.05) is 36.0 Å². The summed E-state index contributed by atoms with van der Waals surface area (Å²) in [6, 6.07) is 2.04. The number of aromatic nitrogens is 5. The monoisotopic (exact) mass is 365 g/mol. The van der Waals surface area contributed by atoms with Crippen LogP contribution in [-0.2, 0) is 0 Å². The third kappa shape index (κ3) is 2.99. The van der Waals surface area contributed by atoms with Gasteiger partial charge in [-0.05, 0) is 30.7 Å². The zero-order valence-electron chi connectivity index (χ0n) is 15.1. The number of aromatic amines is 1. The number of rotatable bonds is 2. The largest absolute Gasteiger partial charge is 0.391 e. The van der Waals surface area contributed by atoms with Crippen molar-refractivity contribution < 1.29 is 5.11 Å². The molecule has 3 aromatic heterocycles. The highest BCUT2D eigenvalue weighted by Crippen LogP contribution is 2.42. The second-order valence-electron chi connectivity index (χ2n) is 7.73. The van der Waals surface area contributed by atoms with Gasteiger partial charge in [0.1, 0.15) is 23.6 Å². The molecule has 0 saturated carbocycles. The highest BCUT2D eigenvalue weighted by atomic mass is 16.3. The van der Waals surface area contributed by atoms with Crippen molar-refractivity contribution in [3.05, 3.63) is 37.2 Å². The van der Waals surface area contributed by atoms with Gasteiger partial charge in [0.25, 0.3) is 0 Å². The number of nitrogens with one attached hydrogen (secondary N) is 1. The number of aliphatic hydroxyl groups is 1. The van der Waals surface area contributed by atoms with Gasteiger partial charge in [0.05, 0.1) is 17.7 Å². The summed E-state index contributed by atoms with van der Waals surface area (Å²) >= 11 is 0. The fourth-order valence-corrected chi connectivity index (χ4v) is 4.65. The minimum absolute atomic E-state index is 0.107. The third-order valence-electron chi connectivity index (χ3n) is 5.96. The van der Waals surface area contributed by atoms with E-state index in [2.05, 4.69) is 34.7 Å². The van der Waals surface area contributed by atoms with E-state index in [4.69, 9.17) is 0 Å². The number of hydrogen-bond acceptors (Lipinski definition) is 7. The molecule has 3 aromatic rings. The van der Waals surface area contributed by atoms with Crippen LogP contribution in [0.1, 0.15) is 19.3 Å². The van der Waals surface area contributed by atoms with E-state index in [9.17, 15) is 5.11 Å². The quantitative estimate of drug-likeness (QED) is 0.712. The molecule has 2 N–H and O–H groups in total. The molecule has 2 saturated heterocycles. The van der Waals surface area contributed by atoms with E-state index in [1.807, 2.05) is 12.3 Å². The van der Waals surface area contributed by atoms with Crippen molar-refractivity contribution in [3.63, 3.8) is 0 Å². The first kappa shape index (κ1) is 16.4. The molecule has 0 bridgehead atoms. The van der Waals surface area contributed by atoms with Crippen LogP contribution in [0.4, 0.5) is 11.6 Å². The van der Waals surface area contributed by atoms with Crippen LogP contribution in [0.25, 0.3) is 11.0 Å². The fraction of sp³-hybridized carbons (Fsp3) is 0.474. The Kier molecular flexibility index (Phi) is 3.93. The molecule has 5 heterocycles. The average Bonchev–Trinajstić information content (AvgIpc) is 3.18. The van der Waals surface area contributed by atoms with E-state index in [1.54, 1.807) is 24.9 Å². The zero-order chi connectivity index (χ0) is 18.3. The summed E-state index contributed by atoms with van der Waals surface area (Å²) in [7, 11) is 0. The van der Waals surface area contributed by atoms with Gasteiger partial charge in [-0.2, -0.15) is 0 Å². The van der Waals surface area contributed by atoms with Gasteiger partial charge in [-0.3, -0.25) is 4.98 Å². The van der Waals surface area contributed by atoms with Gasteiger partial charge in [0, 0.05) is 44.8 Å². The minimum Gasteiger partial charge on any atom is -0.391 e. The molecule has 0 amide bonds. The maximum absolute atomic E-state index is 10.5. The van der Waals surface area contributed by atoms with Crippen molar-refractivity contribution in [3.8, 4) is 0 Å². The Morgan fingerprint density at radius 1 is 1.11 bits per heavy atom. The lowest BCUT2D eigenvalue weighted by molar-refractivity contribution is 0.0595. The van der Waals surface area contributed by atoms with Crippen LogP contribution in [0.3, 0.4) is 0 Å². The first-order chi connectivity index (χ1) is 13.2. The summed E-state index contributed by atoms with van der Waals surface area (Å²) in [6.45, 7) is 3.40. The highest BCUT2D eigenvalue weighted by Gasteiger charge is 2.42. The van der Waals surface area contributed by atoms with Gasteiger partial charge >= 0.3 is 0 Å². The van der Waals surface area contributed by atoms with Crippen LogP contribution in [0.15, 0.2) is 37.2 Å². The molecule has 2 aliphatic rings. The number of β-amino-alcohol motifs (C(OH)–C–C–N with tert-alkyl or cyclic N) is 1. The SMILES string of the molecule is OC1CN(c2cnccn2)CC2(CCN(c3ncnc4[nH]ccc34)CC2)C1. The van der Waals surface area contributed by atoms with E-state index < -0.39 is 0 Å². The first-order valence-corrected chi connectivity index (χ1v) is 9.45. The van der Waals surface area contributed by atoms with Crippen LogP contribution in [0.2, 0.25) is 0 Å². The number of nitrogens with zero attached hydrogens (tertiary/aromatic N) is 6. The van der Waals surface area contributed by atoms with Gasteiger partial charge in [0.15, 0.2) is 0 Å². The van der Waals surface area contributed by atoms with E-state index in [0.29, 0.717) is 6.54 Å². The maximum atomic E-state index is 10.5. The lowest BCUT2D eigenvalue weighted by atomic mass is 9.71. The van der Waals surface area contributed by atoms with Crippen molar-refractivity contribution in [1.82, 2.24) is 24.9 Å². The Labute approximate surface area is 157 Å². The topological polar surface area (TPSA) is 94.1 Å². The molecular formula is C19H23N7O. The van der Waals surface area contributed by atoms with Crippen LogP contribution < -0.4 is 9.80 Å². The second-order valence-corrected chi connectivity index (χ2v) is 7.73. The van der Waals surface area contributed by atoms with E-state index in [1.165, 1.54) is 0 Å². The fourth-order valence-electron chi connectivity index (χ4n) is 4.65. The smallest absolute Gasteiger partial charge is 0.147 e. The summed E-state index contributed by atoms with van der Waals surface area (Å²) in [5.41, 5.74) is 0.984. The van der Waals surface area contributed by atoms with Gasteiger partial charge in [-0.1, -0.05) is 0 Å². The Hall–Kier alpha value is -2.74. The molecule has 2 fully saturated rings. The molecule has 1 spiro atoms. The molecule has 27 heavy (non-hydrogen) atoms. The Balaban J connectivity index is 1.35. The minimum atomic E-state index is -0.331. The molecule has 1 atom stereocenters. The van der Waals surface area contributed by atoms with Crippen LogP contribution in [0.5, 0.6) is 0 Å². The van der Waals surface area contributed by atoms with E-state index in [-0.39, 0.29) is 11.5 Å². The lowest BCUT2D eigenvalue weighted by Crippen LogP contribution is -2.54. The molecule has 0 aromatic carbocycles. The van der Waals surface area contributed by atoms with Crippen molar-refractivity contribution in [2.45, 2.75) is 25.4 Å². The molecular weight excluding hydrogens is 342 g/mol. The van der Waals surface area contributed by atoms with Crippen LogP contribution in [-0.4, -0.2) is 62.3 Å². The first-order valence-electron chi connectivity index (χ1n) is 9.45. The Morgan fingerprint density at radius 2 is 2.00 bits per heavy atom. The van der Waals surface area contributed by atoms with Crippen LogP contribution in [0, 0.1) is 5.41 Å². The molecule has 0 radical (unpaired) electrons. The average molecular weight is 365 g/mol. The van der Waals surface area contributed by atoms with Crippen molar-refractivity contribution in [1.29, 1.82) is 0 Å². The number of hydrogen-bond donors (Lipinski definition) is 2. The molecule has 5 rings (SSSR count). The molecule has 2 aliphatic heterocycles. The Bertz CT molecular complexity index is 920. The van der Waals surface area contributed by atoms with Crippen molar-refractivity contribution in [2.24, 2.45) is 5.41 Å². The summed E-state index contributed by atoms with van der Waals surface area (Å²) in [5.74, 6) is 1.85. The van der Waals surface area contributed by atoms with E-state index in [0.717, 1.165) is 61.6 Å². The molecule has 1 unspecified atom stereocenters. The highest BCUT2D eigenvalue weighted by molar-refractivity contribution is 5.87. The normalized spacial score (nSPS) is 22.5. The number of anilines is 2. The van der Waals surface area contributed by atoms with Crippen molar-refractivity contribution >= 4 is 22.7 Å². The molecule has 140 valence electrons. The molecule has 0 aliphatic carbocycles. The summed E-state index contributed by atoms with van der Waals surface area (Å²) < 4.78 is 0. The number of H-pyrrole nitrogens is 1. The second kappa shape index (κ2) is 6.45. The summed E-state index contributed by atoms with van der Waals surface area (Å²) in [6.07, 6.45) is 11.3. The molecule has 8 heteroatoms. The number of fused-ring (bicyclic) bond motifs is 1. The lowest BCUT2D eigenvalue weighted by Gasteiger charge is -2.49. The van der Waals surface area contributed by atoms with Crippen LogP contribution >= 0.6 is 0 Å². The predicted molar refractivity (Wildman–Crippen MR) is 103 cm³/mol. The van der Waals surface area contributed by atoms with Gasteiger partial charge in [-0.25, -0.2) is 15.0 Å². The number of aliphatic hydroxyl groups excluding tert-OH is 1. The zero-order valence-corrected chi connectivity index (χ0v) is 15.1.